The summed E-state index contributed by atoms with van der Waals surface area (Å²) in [6, 6.07) is 19.5. The molecular formula is C23H28O6. The van der Waals surface area contributed by atoms with Crippen LogP contribution < -0.4 is 0 Å². The molecule has 29 heavy (non-hydrogen) atoms. The zero-order valence-electron chi connectivity index (χ0n) is 16.3. The highest BCUT2D eigenvalue weighted by Crippen LogP contribution is 2.26. The fraction of sp³-hybridized carbons (Fsp3) is 0.391. The van der Waals surface area contributed by atoms with Crippen molar-refractivity contribution in [3.63, 3.8) is 0 Å². The van der Waals surface area contributed by atoms with Crippen molar-refractivity contribution in [1.82, 2.24) is 0 Å². The zero-order valence-corrected chi connectivity index (χ0v) is 16.3. The van der Waals surface area contributed by atoms with Gasteiger partial charge in [0.15, 0.2) is 6.29 Å². The number of benzene rings is 2. The van der Waals surface area contributed by atoms with Gasteiger partial charge in [0.25, 0.3) is 0 Å². The Labute approximate surface area is 171 Å². The average Bonchev–Trinajstić information content (AvgIpc) is 2.75. The Hall–Kier alpha value is -2.06. The first kappa shape index (κ1) is 21.6. The van der Waals surface area contributed by atoms with Gasteiger partial charge in [0.1, 0.15) is 24.4 Å². The minimum atomic E-state index is -1.38. The van der Waals surface area contributed by atoms with Crippen LogP contribution in [0, 0.1) is 0 Å². The molecule has 1 heterocycles. The zero-order chi connectivity index (χ0) is 20.5. The molecule has 0 aromatic heterocycles. The van der Waals surface area contributed by atoms with Gasteiger partial charge < -0.3 is 29.2 Å². The molecule has 0 saturated carbocycles. The van der Waals surface area contributed by atoms with E-state index in [0.717, 1.165) is 11.1 Å². The van der Waals surface area contributed by atoms with E-state index >= 15 is 0 Å². The van der Waals surface area contributed by atoms with Crippen LogP contribution in [0.2, 0.25) is 0 Å². The second-order valence-corrected chi connectivity index (χ2v) is 6.90. The van der Waals surface area contributed by atoms with Gasteiger partial charge in [-0.25, -0.2) is 0 Å². The summed E-state index contributed by atoms with van der Waals surface area (Å²) in [6.45, 7) is 4.78. The summed E-state index contributed by atoms with van der Waals surface area (Å²) in [6.07, 6.45) is -3.03. The molecule has 0 spiro atoms. The topological polar surface area (TPSA) is 77.4 Å². The lowest BCUT2D eigenvalue weighted by atomic mass is 9.98. The number of ether oxygens (including phenoxy) is 4. The van der Waals surface area contributed by atoms with E-state index in [9.17, 15) is 10.2 Å². The fourth-order valence-electron chi connectivity index (χ4n) is 3.25. The first-order chi connectivity index (χ1) is 14.2. The molecule has 3 rings (SSSR count). The maximum atomic E-state index is 10.4. The predicted octanol–water partition coefficient (Wildman–Crippen LogP) is 2.44. The first-order valence-electron chi connectivity index (χ1n) is 9.70. The van der Waals surface area contributed by atoms with Crippen molar-refractivity contribution < 1.29 is 29.2 Å². The third-order valence-corrected chi connectivity index (χ3v) is 4.72. The van der Waals surface area contributed by atoms with Crippen LogP contribution in [0.15, 0.2) is 73.3 Å². The molecule has 2 N–H and O–H groups in total. The lowest BCUT2D eigenvalue weighted by Gasteiger charge is -2.42. The normalized spacial score (nSPS) is 26.9. The largest absolute Gasteiger partial charge is 0.385 e. The molecule has 0 bridgehead atoms. The van der Waals surface area contributed by atoms with E-state index < -0.39 is 30.7 Å². The third kappa shape index (κ3) is 6.21. The Morgan fingerprint density at radius 1 is 0.862 bits per heavy atom. The van der Waals surface area contributed by atoms with Crippen molar-refractivity contribution in [3.8, 4) is 0 Å². The predicted molar refractivity (Wildman–Crippen MR) is 108 cm³/mol. The quantitative estimate of drug-likeness (QED) is 0.597. The van der Waals surface area contributed by atoms with Gasteiger partial charge in [-0.3, -0.25) is 0 Å². The highest BCUT2D eigenvalue weighted by atomic mass is 16.7. The van der Waals surface area contributed by atoms with Crippen LogP contribution in [0.3, 0.4) is 0 Å². The van der Waals surface area contributed by atoms with E-state index in [4.69, 9.17) is 18.9 Å². The summed E-state index contributed by atoms with van der Waals surface area (Å²) in [4.78, 5) is 0. The highest BCUT2D eigenvalue weighted by molar-refractivity contribution is 5.14. The second-order valence-electron chi connectivity index (χ2n) is 6.90. The van der Waals surface area contributed by atoms with Crippen LogP contribution in [0.5, 0.6) is 0 Å². The summed E-state index contributed by atoms with van der Waals surface area (Å²) >= 11 is 0. The maximum absolute atomic E-state index is 10.4. The minimum absolute atomic E-state index is 0.187. The molecule has 6 heteroatoms. The monoisotopic (exact) mass is 400 g/mol. The molecule has 1 fully saturated rings. The smallest absolute Gasteiger partial charge is 0.184 e. The van der Waals surface area contributed by atoms with Gasteiger partial charge in [-0.05, 0) is 11.1 Å². The minimum Gasteiger partial charge on any atom is -0.385 e. The molecular weight excluding hydrogens is 372 g/mol. The molecule has 5 atom stereocenters. The fourth-order valence-corrected chi connectivity index (χ4v) is 3.25. The number of aliphatic hydroxyl groups is 2. The van der Waals surface area contributed by atoms with Crippen molar-refractivity contribution in [2.24, 2.45) is 0 Å². The Kier molecular flexibility index (Phi) is 8.37. The number of hydrogen-bond acceptors (Lipinski definition) is 6. The Morgan fingerprint density at radius 3 is 2.10 bits per heavy atom. The molecule has 2 aromatic carbocycles. The molecule has 156 valence electrons. The first-order valence-corrected chi connectivity index (χ1v) is 9.70. The molecule has 1 aliphatic heterocycles. The standard InChI is InChI=1S/C23H28O6/c1-2-13-27-22-20(24)23(25)29-19(16-26-14-17-9-5-3-6-10-17)21(22)28-15-18-11-7-4-8-12-18/h2-12,19-25H,1,13-16H2/t19?,20?,21-,22-,23-/m1/s1. The van der Waals surface area contributed by atoms with Gasteiger partial charge in [0.2, 0.25) is 0 Å². The molecule has 2 aromatic rings. The number of hydrogen-bond donors (Lipinski definition) is 2. The van der Waals surface area contributed by atoms with E-state index in [1.807, 2.05) is 60.7 Å². The summed E-state index contributed by atoms with van der Waals surface area (Å²) in [5, 5.41) is 20.5. The van der Waals surface area contributed by atoms with Crippen LogP contribution in [-0.4, -0.2) is 54.1 Å². The summed E-state index contributed by atoms with van der Waals surface area (Å²) in [5.74, 6) is 0. The Bertz CT molecular complexity index is 723. The van der Waals surface area contributed by atoms with Crippen molar-refractivity contribution in [1.29, 1.82) is 0 Å². The summed E-state index contributed by atoms with van der Waals surface area (Å²) in [5.41, 5.74) is 2.02. The molecule has 0 amide bonds. The van der Waals surface area contributed by atoms with Gasteiger partial charge in [-0.2, -0.15) is 0 Å². The number of aliphatic hydroxyl groups excluding tert-OH is 2. The molecule has 1 aliphatic rings. The molecule has 0 aliphatic carbocycles. The van der Waals surface area contributed by atoms with E-state index in [1.54, 1.807) is 6.08 Å². The van der Waals surface area contributed by atoms with Crippen LogP contribution in [0.25, 0.3) is 0 Å². The van der Waals surface area contributed by atoms with E-state index in [0.29, 0.717) is 13.2 Å². The lowest BCUT2D eigenvalue weighted by Crippen LogP contribution is -2.60. The molecule has 2 unspecified atom stereocenters. The van der Waals surface area contributed by atoms with Crippen molar-refractivity contribution in [3.05, 3.63) is 84.4 Å². The van der Waals surface area contributed by atoms with Crippen LogP contribution in [0.1, 0.15) is 11.1 Å². The van der Waals surface area contributed by atoms with Gasteiger partial charge in [-0.1, -0.05) is 66.7 Å². The van der Waals surface area contributed by atoms with Crippen molar-refractivity contribution >= 4 is 0 Å². The third-order valence-electron chi connectivity index (χ3n) is 4.72. The van der Waals surface area contributed by atoms with E-state index in [-0.39, 0.29) is 13.2 Å². The summed E-state index contributed by atoms with van der Waals surface area (Å²) < 4.78 is 23.2. The Morgan fingerprint density at radius 2 is 1.48 bits per heavy atom. The van der Waals surface area contributed by atoms with Gasteiger partial charge in [-0.15, -0.1) is 6.58 Å². The van der Waals surface area contributed by atoms with Crippen LogP contribution >= 0.6 is 0 Å². The van der Waals surface area contributed by atoms with Gasteiger partial charge in [0.05, 0.1) is 26.4 Å². The van der Waals surface area contributed by atoms with Gasteiger partial charge in [0, 0.05) is 0 Å². The average molecular weight is 400 g/mol. The highest BCUT2D eigenvalue weighted by Gasteiger charge is 2.46. The number of rotatable bonds is 10. The summed E-state index contributed by atoms with van der Waals surface area (Å²) in [7, 11) is 0. The second kappa shape index (κ2) is 11.2. The van der Waals surface area contributed by atoms with Crippen molar-refractivity contribution in [2.75, 3.05) is 13.2 Å². The maximum Gasteiger partial charge on any atom is 0.184 e. The molecule has 1 saturated heterocycles. The molecule has 6 nitrogen and oxygen atoms in total. The van der Waals surface area contributed by atoms with E-state index in [1.165, 1.54) is 0 Å². The van der Waals surface area contributed by atoms with Crippen LogP contribution in [-0.2, 0) is 32.2 Å². The van der Waals surface area contributed by atoms with E-state index in [2.05, 4.69) is 6.58 Å². The molecule has 0 radical (unpaired) electrons. The lowest BCUT2D eigenvalue weighted by molar-refractivity contribution is -0.304. The van der Waals surface area contributed by atoms with Crippen LogP contribution in [0.4, 0.5) is 0 Å². The van der Waals surface area contributed by atoms with Crippen molar-refractivity contribution in [2.45, 2.75) is 43.9 Å². The SMILES string of the molecule is C=CCO[C@@H]1C(O)[C@H](O)OC(COCc2ccccc2)[C@H]1OCc1ccccc1. The van der Waals surface area contributed by atoms with Gasteiger partial charge >= 0.3 is 0 Å². The Balaban J connectivity index is 1.67.